The number of nitrogens with one attached hydrogen (secondary N) is 1. The van der Waals surface area contributed by atoms with Gasteiger partial charge in [0.2, 0.25) is 0 Å². The van der Waals surface area contributed by atoms with Crippen molar-refractivity contribution in [1.29, 1.82) is 0 Å². The number of imide groups is 1. The second kappa shape index (κ2) is 5.73. The molecule has 1 atom stereocenters. The number of rotatable bonds is 5. The number of carbonyl (C=O) groups is 2. The van der Waals surface area contributed by atoms with Crippen LogP contribution in [0.5, 0.6) is 5.75 Å². The van der Waals surface area contributed by atoms with E-state index in [1.54, 1.807) is 26.0 Å². The first kappa shape index (κ1) is 15.3. The van der Waals surface area contributed by atoms with Crippen LogP contribution in [0.15, 0.2) is 24.3 Å². The van der Waals surface area contributed by atoms with Crippen molar-refractivity contribution in [3.63, 3.8) is 0 Å². The fourth-order valence-corrected chi connectivity index (χ4v) is 2.07. The first-order chi connectivity index (χ1) is 9.79. The molecule has 1 aromatic carbocycles. The van der Waals surface area contributed by atoms with Crippen molar-refractivity contribution in [1.82, 2.24) is 10.2 Å². The highest BCUT2D eigenvalue weighted by Crippen LogP contribution is 2.17. The molecule has 0 bridgehead atoms. The Labute approximate surface area is 123 Å². The molecule has 0 unspecified atom stereocenters. The average molecular weight is 292 g/mol. The predicted octanol–water partition coefficient (Wildman–Crippen LogP) is 1.07. The molecule has 0 aromatic heterocycles. The zero-order valence-electron chi connectivity index (χ0n) is 12.4. The Bertz CT molecular complexity index is 539. The lowest BCUT2D eigenvalue weighted by Crippen LogP contribution is -2.42. The summed E-state index contributed by atoms with van der Waals surface area (Å²) >= 11 is 0. The molecule has 21 heavy (non-hydrogen) atoms. The van der Waals surface area contributed by atoms with Crippen LogP contribution in [0.1, 0.15) is 19.4 Å². The van der Waals surface area contributed by atoms with Crippen LogP contribution in [0.3, 0.4) is 0 Å². The molecule has 1 aliphatic rings. The Kier molecular flexibility index (Phi) is 4.18. The van der Waals surface area contributed by atoms with Gasteiger partial charge in [-0.1, -0.05) is 17.7 Å². The standard InChI is InChI=1S/C15H20N2O4/c1-10-4-6-12(7-5-10)21-9-11(18)8-17-13(19)15(2,3)16-14(17)20/h4-7,11,18H,8-9H2,1-3H3,(H,16,20)/t11-/m1/s1. The van der Waals surface area contributed by atoms with E-state index in [4.69, 9.17) is 4.74 Å². The van der Waals surface area contributed by atoms with Gasteiger partial charge in [-0.25, -0.2) is 4.79 Å². The maximum absolute atomic E-state index is 12.0. The fourth-order valence-electron chi connectivity index (χ4n) is 2.07. The smallest absolute Gasteiger partial charge is 0.325 e. The molecule has 2 rings (SSSR count). The van der Waals surface area contributed by atoms with Crippen molar-refractivity contribution in [2.75, 3.05) is 13.2 Å². The lowest BCUT2D eigenvalue weighted by atomic mass is 10.1. The van der Waals surface area contributed by atoms with Crippen molar-refractivity contribution in [3.05, 3.63) is 29.8 Å². The number of β-amino-alcohol motifs (C(OH)–C–C–N with tert-alkyl or cyclic N) is 1. The Morgan fingerprint density at radius 1 is 1.29 bits per heavy atom. The van der Waals surface area contributed by atoms with Crippen LogP contribution in [0, 0.1) is 6.92 Å². The molecule has 0 saturated carbocycles. The minimum Gasteiger partial charge on any atom is -0.491 e. The summed E-state index contributed by atoms with van der Waals surface area (Å²) in [6.45, 7) is 5.16. The number of amides is 3. The summed E-state index contributed by atoms with van der Waals surface area (Å²) in [5, 5.41) is 12.5. The third-order valence-corrected chi connectivity index (χ3v) is 3.30. The van der Waals surface area contributed by atoms with Crippen LogP contribution in [0.2, 0.25) is 0 Å². The van der Waals surface area contributed by atoms with E-state index < -0.39 is 17.7 Å². The van der Waals surface area contributed by atoms with Gasteiger partial charge in [0, 0.05) is 0 Å². The summed E-state index contributed by atoms with van der Waals surface area (Å²) in [7, 11) is 0. The maximum Gasteiger partial charge on any atom is 0.325 e. The van der Waals surface area contributed by atoms with Gasteiger partial charge in [-0.15, -0.1) is 0 Å². The number of aliphatic hydroxyl groups excluding tert-OH is 1. The first-order valence-electron chi connectivity index (χ1n) is 6.81. The molecule has 1 aliphatic heterocycles. The van der Waals surface area contributed by atoms with Crippen molar-refractivity contribution >= 4 is 11.9 Å². The molecule has 0 radical (unpaired) electrons. The van der Waals surface area contributed by atoms with Crippen LogP contribution in [0.25, 0.3) is 0 Å². The van der Waals surface area contributed by atoms with E-state index in [0.717, 1.165) is 10.5 Å². The van der Waals surface area contributed by atoms with Crippen molar-refractivity contribution in [3.8, 4) is 5.75 Å². The lowest BCUT2D eigenvalue weighted by Gasteiger charge is -2.19. The van der Waals surface area contributed by atoms with Gasteiger partial charge < -0.3 is 15.2 Å². The molecular weight excluding hydrogens is 272 g/mol. The minimum absolute atomic E-state index is 0.0144. The zero-order chi connectivity index (χ0) is 15.6. The molecule has 1 saturated heterocycles. The highest BCUT2D eigenvalue weighted by molar-refractivity contribution is 6.06. The lowest BCUT2D eigenvalue weighted by molar-refractivity contribution is -0.131. The summed E-state index contributed by atoms with van der Waals surface area (Å²) in [6, 6.07) is 6.93. The van der Waals surface area contributed by atoms with E-state index in [2.05, 4.69) is 5.32 Å². The minimum atomic E-state index is -0.935. The van der Waals surface area contributed by atoms with Crippen molar-refractivity contribution < 1.29 is 19.4 Å². The number of aryl methyl sites for hydroxylation is 1. The Balaban J connectivity index is 1.87. The summed E-state index contributed by atoms with van der Waals surface area (Å²) in [6.07, 6.45) is -0.935. The number of hydrogen-bond donors (Lipinski definition) is 2. The van der Waals surface area contributed by atoms with E-state index in [1.807, 2.05) is 19.1 Å². The average Bonchev–Trinajstić information content (AvgIpc) is 2.60. The van der Waals surface area contributed by atoms with Crippen molar-refractivity contribution in [2.24, 2.45) is 0 Å². The Hall–Kier alpha value is -2.08. The summed E-state index contributed by atoms with van der Waals surface area (Å²) < 4.78 is 5.44. The zero-order valence-corrected chi connectivity index (χ0v) is 12.4. The number of benzene rings is 1. The second-order valence-corrected chi connectivity index (χ2v) is 5.75. The highest BCUT2D eigenvalue weighted by Gasteiger charge is 2.44. The van der Waals surface area contributed by atoms with Gasteiger partial charge in [-0.05, 0) is 32.9 Å². The molecule has 6 nitrogen and oxygen atoms in total. The van der Waals surface area contributed by atoms with E-state index >= 15 is 0 Å². The van der Waals surface area contributed by atoms with Crippen LogP contribution in [0.4, 0.5) is 4.79 Å². The molecule has 0 aliphatic carbocycles. The number of aliphatic hydroxyl groups is 1. The van der Waals surface area contributed by atoms with E-state index in [0.29, 0.717) is 5.75 Å². The van der Waals surface area contributed by atoms with Gasteiger partial charge >= 0.3 is 6.03 Å². The fraction of sp³-hybridized carbons (Fsp3) is 0.467. The van der Waals surface area contributed by atoms with Crippen LogP contribution < -0.4 is 10.1 Å². The monoisotopic (exact) mass is 292 g/mol. The quantitative estimate of drug-likeness (QED) is 0.796. The third kappa shape index (κ3) is 3.52. The van der Waals surface area contributed by atoms with E-state index in [1.165, 1.54) is 0 Å². The van der Waals surface area contributed by atoms with Crippen LogP contribution in [-0.2, 0) is 4.79 Å². The molecule has 2 N–H and O–H groups in total. The maximum atomic E-state index is 12.0. The highest BCUT2D eigenvalue weighted by atomic mass is 16.5. The summed E-state index contributed by atoms with van der Waals surface area (Å²) in [5.41, 5.74) is 0.193. The van der Waals surface area contributed by atoms with Crippen LogP contribution >= 0.6 is 0 Å². The summed E-state index contributed by atoms with van der Waals surface area (Å²) in [5.74, 6) is 0.291. The molecule has 1 aromatic rings. The molecule has 6 heteroatoms. The third-order valence-electron chi connectivity index (χ3n) is 3.30. The number of urea groups is 1. The summed E-state index contributed by atoms with van der Waals surface area (Å²) in [4.78, 5) is 24.7. The topological polar surface area (TPSA) is 78.9 Å². The van der Waals surface area contributed by atoms with E-state index in [9.17, 15) is 14.7 Å². The number of nitrogens with zero attached hydrogens (tertiary/aromatic N) is 1. The van der Waals surface area contributed by atoms with Gasteiger partial charge in [0.15, 0.2) is 0 Å². The number of hydrogen-bond acceptors (Lipinski definition) is 4. The number of ether oxygens (including phenoxy) is 1. The molecule has 3 amide bonds. The largest absolute Gasteiger partial charge is 0.491 e. The van der Waals surface area contributed by atoms with Gasteiger partial charge in [0.05, 0.1) is 6.54 Å². The SMILES string of the molecule is Cc1ccc(OC[C@H](O)CN2C(=O)NC(C)(C)C2=O)cc1. The van der Waals surface area contributed by atoms with Gasteiger partial charge in [0.25, 0.3) is 5.91 Å². The molecule has 1 heterocycles. The molecular formula is C15H20N2O4. The first-order valence-corrected chi connectivity index (χ1v) is 6.81. The Morgan fingerprint density at radius 3 is 2.43 bits per heavy atom. The Morgan fingerprint density at radius 2 is 1.90 bits per heavy atom. The van der Waals surface area contributed by atoms with Gasteiger partial charge in [0.1, 0.15) is 24.0 Å². The second-order valence-electron chi connectivity index (χ2n) is 5.75. The molecule has 114 valence electrons. The normalized spacial score (nSPS) is 18.6. The molecule has 0 spiro atoms. The van der Waals surface area contributed by atoms with Gasteiger partial charge in [-0.3, -0.25) is 9.69 Å². The van der Waals surface area contributed by atoms with Crippen molar-refractivity contribution in [2.45, 2.75) is 32.4 Å². The van der Waals surface area contributed by atoms with E-state index in [-0.39, 0.29) is 19.1 Å². The van der Waals surface area contributed by atoms with Gasteiger partial charge in [-0.2, -0.15) is 0 Å². The molecule has 1 fully saturated rings. The predicted molar refractivity (Wildman–Crippen MR) is 77.0 cm³/mol. The van der Waals surface area contributed by atoms with Crippen LogP contribution in [-0.4, -0.2) is 46.7 Å². The number of carbonyl (C=O) groups excluding carboxylic acids is 2.